The highest BCUT2D eigenvalue weighted by Crippen LogP contribution is 2.23. The molecule has 0 radical (unpaired) electrons. The van der Waals surface area contributed by atoms with Crippen LogP contribution in [0, 0.1) is 0 Å². The van der Waals surface area contributed by atoms with Crippen molar-refractivity contribution in [3.8, 4) is 5.75 Å². The van der Waals surface area contributed by atoms with Crippen molar-refractivity contribution in [1.82, 2.24) is 9.88 Å². The Morgan fingerprint density at radius 3 is 2.67 bits per heavy atom. The molecule has 0 unspecified atom stereocenters. The van der Waals surface area contributed by atoms with E-state index in [0.717, 1.165) is 11.1 Å². The van der Waals surface area contributed by atoms with Gasteiger partial charge in [-0.2, -0.15) is 8.78 Å². The van der Waals surface area contributed by atoms with E-state index >= 15 is 0 Å². The number of likely N-dealkylation sites (N-methyl/N-ethyl adjacent to an activating group) is 1. The van der Waals surface area contributed by atoms with Crippen LogP contribution in [0.1, 0.15) is 15.9 Å². The first-order valence-electron chi connectivity index (χ1n) is 7.91. The maximum Gasteiger partial charge on any atom is 0.387 e. The van der Waals surface area contributed by atoms with Crippen LogP contribution in [0.4, 0.5) is 14.5 Å². The Bertz CT molecular complexity index is 898. The van der Waals surface area contributed by atoms with Crippen molar-refractivity contribution in [1.29, 1.82) is 0 Å². The first-order valence-corrected chi connectivity index (χ1v) is 7.91. The van der Waals surface area contributed by atoms with E-state index < -0.39 is 12.6 Å². The molecular weight excluding hydrogens is 358 g/mol. The fourth-order valence-corrected chi connectivity index (χ4v) is 2.51. The van der Waals surface area contributed by atoms with Gasteiger partial charge in [0.2, 0.25) is 5.96 Å². The highest BCUT2D eigenvalue weighted by molar-refractivity contribution is 5.97. The van der Waals surface area contributed by atoms with Gasteiger partial charge in [-0.15, -0.1) is 0 Å². The molecule has 1 aliphatic rings. The van der Waals surface area contributed by atoms with E-state index in [9.17, 15) is 13.6 Å². The molecule has 1 aromatic heterocycles. The molecule has 0 atom stereocenters. The second kappa shape index (κ2) is 7.81. The minimum atomic E-state index is -2.86. The molecule has 2 aromatic rings. The maximum atomic E-state index is 12.2. The molecule has 0 bridgehead atoms. The summed E-state index contributed by atoms with van der Waals surface area (Å²) in [4.78, 5) is 21.1. The number of carboxylic acids is 1. The molecule has 9 heteroatoms. The van der Waals surface area contributed by atoms with Crippen molar-refractivity contribution in [3.05, 3.63) is 60.1 Å². The second-order valence-corrected chi connectivity index (χ2v) is 5.76. The van der Waals surface area contributed by atoms with E-state index in [0.29, 0.717) is 18.2 Å². The molecule has 27 heavy (non-hydrogen) atoms. The summed E-state index contributed by atoms with van der Waals surface area (Å²) in [7, 11) is 1.82. The molecule has 0 fully saturated rings. The van der Waals surface area contributed by atoms with E-state index in [1.165, 1.54) is 30.6 Å². The van der Waals surface area contributed by atoms with Gasteiger partial charge in [0, 0.05) is 26.0 Å². The smallest absolute Gasteiger partial charge is 0.387 e. The fourth-order valence-electron chi connectivity index (χ4n) is 2.51. The Morgan fingerprint density at radius 2 is 2.04 bits per heavy atom. The highest BCUT2D eigenvalue weighted by Gasteiger charge is 2.16. The number of ether oxygens (including phenoxy) is 1. The number of hydrogen-bond acceptors (Lipinski definition) is 6. The molecule has 140 valence electrons. The van der Waals surface area contributed by atoms with Crippen molar-refractivity contribution >= 4 is 23.2 Å². The molecule has 2 N–H and O–H groups in total. The Morgan fingerprint density at radius 1 is 1.30 bits per heavy atom. The summed E-state index contributed by atoms with van der Waals surface area (Å²) in [5.41, 5.74) is 2.30. The van der Waals surface area contributed by atoms with Crippen LogP contribution in [-0.2, 0) is 0 Å². The number of aromatic nitrogens is 1. The first kappa shape index (κ1) is 18.3. The number of pyridine rings is 1. The number of guanidine groups is 1. The minimum Gasteiger partial charge on any atom is -0.478 e. The number of hydrogen-bond donors (Lipinski definition) is 2. The second-order valence-electron chi connectivity index (χ2n) is 5.76. The van der Waals surface area contributed by atoms with Crippen LogP contribution < -0.4 is 10.1 Å². The zero-order valence-electron chi connectivity index (χ0n) is 14.3. The predicted octanol–water partition coefficient (Wildman–Crippen LogP) is 3.14. The van der Waals surface area contributed by atoms with Gasteiger partial charge in [0.15, 0.2) is 0 Å². The molecule has 7 nitrogen and oxygen atoms in total. The summed E-state index contributed by atoms with van der Waals surface area (Å²) in [6, 6.07) is 7.79. The predicted molar refractivity (Wildman–Crippen MR) is 95.9 cm³/mol. The number of aromatic carboxylic acids is 1. The van der Waals surface area contributed by atoms with Crippen molar-refractivity contribution in [2.24, 2.45) is 4.99 Å². The van der Waals surface area contributed by atoms with Crippen molar-refractivity contribution in [3.63, 3.8) is 0 Å². The van der Waals surface area contributed by atoms with Crippen LogP contribution in [-0.4, -0.2) is 47.1 Å². The zero-order chi connectivity index (χ0) is 19.4. The summed E-state index contributed by atoms with van der Waals surface area (Å²) in [6.45, 7) is -2.34. The highest BCUT2D eigenvalue weighted by atomic mass is 19.3. The molecular formula is C18H16F2N4O3. The number of nitrogens with zero attached hydrogens (tertiary/aromatic N) is 3. The van der Waals surface area contributed by atoms with Gasteiger partial charge in [-0.25, -0.2) is 9.79 Å². The molecule has 1 aliphatic heterocycles. The largest absolute Gasteiger partial charge is 0.478 e. The lowest BCUT2D eigenvalue weighted by Crippen LogP contribution is -2.36. The quantitative estimate of drug-likeness (QED) is 0.836. The summed E-state index contributed by atoms with van der Waals surface area (Å²) in [5.74, 6) is -0.442. The topological polar surface area (TPSA) is 87.0 Å². The number of anilines is 1. The SMILES string of the molecule is CN1CC(c2ccc(OC(F)F)cc2)=CN=C1Nc1cncc(C(=O)O)c1. The summed E-state index contributed by atoms with van der Waals surface area (Å²) in [5, 5.41) is 12.1. The Balaban J connectivity index is 1.75. The van der Waals surface area contributed by atoms with Gasteiger partial charge in [0.1, 0.15) is 5.75 Å². The first-order chi connectivity index (χ1) is 12.9. The lowest BCUT2D eigenvalue weighted by Gasteiger charge is -2.26. The van der Waals surface area contributed by atoms with Gasteiger partial charge in [0.25, 0.3) is 0 Å². The number of aliphatic imine (C=N–C) groups is 1. The van der Waals surface area contributed by atoms with Crippen LogP contribution in [0.3, 0.4) is 0 Å². The molecule has 0 aliphatic carbocycles. The van der Waals surface area contributed by atoms with Crippen molar-refractivity contribution in [2.75, 3.05) is 18.9 Å². The Labute approximate surface area is 153 Å². The average molecular weight is 374 g/mol. The normalized spacial score (nSPS) is 13.9. The fraction of sp³-hybridized carbons (Fsp3) is 0.167. The van der Waals surface area contributed by atoms with E-state index in [1.807, 2.05) is 11.9 Å². The summed E-state index contributed by atoms with van der Waals surface area (Å²) >= 11 is 0. The Kier molecular flexibility index (Phi) is 5.30. The third kappa shape index (κ3) is 4.57. The van der Waals surface area contributed by atoms with Gasteiger partial charge >= 0.3 is 12.6 Å². The van der Waals surface area contributed by atoms with E-state index in [1.54, 1.807) is 18.3 Å². The van der Waals surface area contributed by atoms with Gasteiger partial charge in [-0.3, -0.25) is 4.98 Å². The van der Waals surface area contributed by atoms with E-state index in [-0.39, 0.29) is 11.3 Å². The monoisotopic (exact) mass is 374 g/mol. The lowest BCUT2D eigenvalue weighted by molar-refractivity contribution is -0.0498. The van der Waals surface area contributed by atoms with Gasteiger partial charge in [0.05, 0.1) is 17.4 Å². The standard InChI is InChI=1S/C18H16F2N4O3/c1-24-10-13(11-2-4-15(5-3-11)27-17(19)20)8-22-18(24)23-14-6-12(16(25)26)7-21-9-14/h2-9,17H,10H2,1H3,(H,22,23)(H,25,26). The summed E-state index contributed by atoms with van der Waals surface area (Å²) in [6.07, 6.45) is 4.43. The third-order valence-electron chi connectivity index (χ3n) is 3.80. The van der Waals surface area contributed by atoms with Crippen LogP contribution in [0.2, 0.25) is 0 Å². The molecule has 2 heterocycles. The molecule has 0 saturated carbocycles. The van der Waals surface area contributed by atoms with Crippen LogP contribution >= 0.6 is 0 Å². The number of nitrogens with one attached hydrogen (secondary N) is 1. The van der Waals surface area contributed by atoms with Gasteiger partial charge < -0.3 is 20.1 Å². The molecule has 0 spiro atoms. The van der Waals surface area contributed by atoms with Crippen molar-refractivity contribution < 1.29 is 23.4 Å². The lowest BCUT2D eigenvalue weighted by atomic mass is 10.1. The number of rotatable bonds is 5. The number of carboxylic acid groups (broad SMARTS) is 1. The molecule has 1 aromatic carbocycles. The Hall–Kier alpha value is -3.49. The van der Waals surface area contributed by atoms with E-state index in [2.05, 4.69) is 20.0 Å². The minimum absolute atomic E-state index is 0.0707. The number of carbonyl (C=O) groups is 1. The van der Waals surface area contributed by atoms with Crippen LogP contribution in [0.25, 0.3) is 5.57 Å². The van der Waals surface area contributed by atoms with Gasteiger partial charge in [-0.05, 0) is 29.3 Å². The number of alkyl halides is 2. The molecule has 3 rings (SSSR count). The number of benzene rings is 1. The van der Waals surface area contributed by atoms with Gasteiger partial charge in [-0.1, -0.05) is 12.1 Å². The van der Waals surface area contributed by atoms with Crippen LogP contribution in [0.5, 0.6) is 5.75 Å². The van der Waals surface area contributed by atoms with Crippen LogP contribution in [0.15, 0.2) is 53.9 Å². The number of halogens is 2. The molecule has 0 saturated heterocycles. The summed E-state index contributed by atoms with van der Waals surface area (Å²) < 4.78 is 28.8. The van der Waals surface area contributed by atoms with E-state index in [4.69, 9.17) is 5.11 Å². The average Bonchev–Trinajstić information content (AvgIpc) is 2.64. The zero-order valence-corrected chi connectivity index (χ0v) is 14.3. The van der Waals surface area contributed by atoms with Crippen molar-refractivity contribution in [2.45, 2.75) is 6.61 Å². The third-order valence-corrected chi connectivity index (χ3v) is 3.80. The molecule has 0 amide bonds. The maximum absolute atomic E-state index is 12.2.